The number of aromatic hydroxyl groups is 1. The molecular weight excluding hydrogens is 204 g/mol. The largest absolute Gasteiger partial charge is 0.508 e. The van der Waals surface area contributed by atoms with E-state index >= 15 is 0 Å². The summed E-state index contributed by atoms with van der Waals surface area (Å²) in [6.07, 6.45) is 2.40. The van der Waals surface area contributed by atoms with E-state index in [4.69, 9.17) is 4.52 Å². The van der Waals surface area contributed by atoms with Gasteiger partial charge in [0.2, 0.25) is 5.89 Å². The fourth-order valence-corrected chi connectivity index (χ4v) is 1.53. The van der Waals surface area contributed by atoms with Crippen molar-refractivity contribution in [2.24, 2.45) is 0 Å². The van der Waals surface area contributed by atoms with Gasteiger partial charge in [-0.25, -0.2) is 0 Å². The summed E-state index contributed by atoms with van der Waals surface area (Å²) in [5.41, 5.74) is 0.965. The SMILES string of the molecule is CCCc1noc(Cc2cccc(O)c2)n1. The molecule has 4 nitrogen and oxygen atoms in total. The molecule has 4 heteroatoms. The van der Waals surface area contributed by atoms with Gasteiger partial charge in [0.05, 0.1) is 6.42 Å². The highest BCUT2D eigenvalue weighted by molar-refractivity contribution is 5.28. The van der Waals surface area contributed by atoms with Gasteiger partial charge in [0.1, 0.15) is 5.75 Å². The molecule has 2 rings (SSSR count). The van der Waals surface area contributed by atoms with Gasteiger partial charge in [-0.05, 0) is 24.1 Å². The lowest BCUT2D eigenvalue weighted by molar-refractivity contribution is 0.379. The van der Waals surface area contributed by atoms with Crippen molar-refractivity contribution in [1.82, 2.24) is 10.1 Å². The minimum atomic E-state index is 0.255. The van der Waals surface area contributed by atoms with E-state index in [1.165, 1.54) is 0 Å². The lowest BCUT2D eigenvalue weighted by Gasteiger charge is -1.96. The monoisotopic (exact) mass is 218 g/mol. The van der Waals surface area contributed by atoms with Crippen LogP contribution in [0, 0.1) is 0 Å². The Kier molecular flexibility index (Phi) is 3.19. The highest BCUT2D eigenvalue weighted by Crippen LogP contribution is 2.14. The van der Waals surface area contributed by atoms with Crippen molar-refractivity contribution in [3.05, 3.63) is 41.5 Å². The van der Waals surface area contributed by atoms with Gasteiger partial charge in [-0.2, -0.15) is 4.98 Å². The van der Waals surface area contributed by atoms with Crippen LogP contribution in [0.3, 0.4) is 0 Å². The second-order valence-electron chi connectivity index (χ2n) is 3.70. The summed E-state index contributed by atoms with van der Waals surface area (Å²) in [4.78, 5) is 4.27. The van der Waals surface area contributed by atoms with Crippen LogP contribution in [-0.4, -0.2) is 15.2 Å². The maximum absolute atomic E-state index is 9.31. The summed E-state index contributed by atoms with van der Waals surface area (Å²) >= 11 is 0. The second-order valence-corrected chi connectivity index (χ2v) is 3.70. The number of hydrogen-bond donors (Lipinski definition) is 1. The summed E-state index contributed by atoms with van der Waals surface area (Å²) in [6, 6.07) is 7.06. The molecule has 0 radical (unpaired) electrons. The van der Waals surface area contributed by atoms with Gasteiger partial charge in [0, 0.05) is 6.42 Å². The summed E-state index contributed by atoms with van der Waals surface area (Å²) in [7, 11) is 0. The minimum absolute atomic E-state index is 0.255. The average molecular weight is 218 g/mol. The van der Waals surface area contributed by atoms with E-state index in [0.717, 1.165) is 24.2 Å². The molecule has 0 saturated heterocycles. The molecule has 0 bridgehead atoms. The molecule has 0 atom stereocenters. The summed E-state index contributed by atoms with van der Waals surface area (Å²) in [5.74, 6) is 1.59. The van der Waals surface area contributed by atoms with Crippen LogP contribution in [-0.2, 0) is 12.8 Å². The number of phenols is 1. The smallest absolute Gasteiger partial charge is 0.231 e. The Bertz CT molecular complexity index is 466. The first-order valence-corrected chi connectivity index (χ1v) is 5.37. The molecule has 2 aromatic rings. The zero-order chi connectivity index (χ0) is 11.4. The Labute approximate surface area is 93.9 Å². The number of nitrogens with zero attached hydrogens (tertiary/aromatic N) is 2. The van der Waals surface area contributed by atoms with E-state index in [9.17, 15) is 5.11 Å². The number of rotatable bonds is 4. The van der Waals surface area contributed by atoms with Crippen LogP contribution in [0.15, 0.2) is 28.8 Å². The molecule has 16 heavy (non-hydrogen) atoms. The Morgan fingerprint density at radius 3 is 3.00 bits per heavy atom. The zero-order valence-electron chi connectivity index (χ0n) is 9.18. The molecular formula is C12H14N2O2. The Morgan fingerprint density at radius 1 is 1.38 bits per heavy atom. The van der Waals surface area contributed by atoms with Crippen LogP contribution < -0.4 is 0 Å². The van der Waals surface area contributed by atoms with Crippen molar-refractivity contribution in [3.63, 3.8) is 0 Å². The molecule has 0 aliphatic rings. The van der Waals surface area contributed by atoms with E-state index < -0.39 is 0 Å². The number of benzene rings is 1. The molecule has 84 valence electrons. The highest BCUT2D eigenvalue weighted by atomic mass is 16.5. The molecule has 1 N–H and O–H groups in total. The van der Waals surface area contributed by atoms with Crippen LogP contribution in [0.1, 0.15) is 30.6 Å². The van der Waals surface area contributed by atoms with Crippen LogP contribution in [0.5, 0.6) is 5.75 Å². The average Bonchev–Trinajstić information content (AvgIpc) is 2.66. The maximum Gasteiger partial charge on any atom is 0.231 e. The fraction of sp³-hybridized carbons (Fsp3) is 0.333. The van der Waals surface area contributed by atoms with Crippen molar-refractivity contribution >= 4 is 0 Å². The van der Waals surface area contributed by atoms with E-state index in [1.807, 2.05) is 6.07 Å². The van der Waals surface area contributed by atoms with Crippen molar-refractivity contribution in [1.29, 1.82) is 0 Å². The third kappa shape index (κ3) is 2.59. The molecule has 0 fully saturated rings. The van der Waals surface area contributed by atoms with Crippen molar-refractivity contribution in [2.75, 3.05) is 0 Å². The number of hydrogen-bond acceptors (Lipinski definition) is 4. The second kappa shape index (κ2) is 4.79. The summed E-state index contributed by atoms with van der Waals surface area (Å²) in [6.45, 7) is 2.07. The normalized spacial score (nSPS) is 10.6. The number of aryl methyl sites for hydroxylation is 1. The summed E-state index contributed by atoms with van der Waals surface area (Å²) < 4.78 is 5.12. The minimum Gasteiger partial charge on any atom is -0.508 e. The van der Waals surface area contributed by atoms with Gasteiger partial charge in [0.15, 0.2) is 5.82 Å². The third-order valence-corrected chi connectivity index (χ3v) is 2.25. The van der Waals surface area contributed by atoms with Gasteiger partial charge in [0.25, 0.3) is 0 Å². The molecule has 0 aliphatic carbocycles. The van der Waals surface area contributed by atoms with Gasteiger partial charge in [-0.15, -0.1) is 0 Å². The number of phenolic OH excluding ortho intramolecular Hbond substituents is 1. The quantitative estimate of drug-likeness (QED) is 0.855. The predicted octanol–water partition coefficient (Wildman–Crippen LogP) is 2.32. The van der Waals surface area contributed by atoms with Crippen LogP contribution in [0.2, 0.25) is 0 Å². The lowest BCUT2D eigenvalue weighted by atomic mass is 10.1. The van der Waals surface area contributed by atoms with Crippen LogP contribution >= 0.6 is 0 Å². The van der Waals surface area contributed by atoms with Crippen LogP contribution in [0.4, 0.5) is 0 Å². The molecule has 0 saturated carbocycles. The standard InChI is InChI=1S/C12H14N2O2/c1-2-4-11-13-12(16-14-11)8-9-5-3-6-10(15)7-9/h3,5-7,15H,2,4,8H2,1H3. The van der Waals surface area contributed by atoms with Crippen molar-refractivity contribution in [2.45, 2.75) is 26.2 Å². The van der Waals surface area contributed by atoms with Gasteiger partial charge >= 0.3 is 0 Å². The Balaban J connectivity index is 2.08. The Hall–Kier alpha value is -1.84. The zero-order valence-corrected chi connectivity index (χ0v) is 9.18. The van der Waals surface area contributed by atoms with E-state index in [1.54, 1.807) is 18.2 Å². The first kappa shape index (κ1) is 10.7. The molecule has 0 amide bonds. The first-order chi connectivity index (χ1) is 7.78. The Morgan fingerprint density at radius 2 is 2.25 bits per heavy atom. The lowest BCUT2D eigenvalue weighted by Crippen LogP contribution is -1.90. The molecule has 0 spiro atoms. The van der Waals surface area contributed by atoms with E-state index in [2.05, 4.69) is 17.1 Å². The molecule has 1 aromatic heterocycles. The topological polar surface area (TPSA) is 59.2 Å². The predicted molar refractivity (Wildman–Crippen MR) is 59.2 cm³/mol. The van der Waals surface area contributed by atoms with Crippen molar-refractivity contribution < 1.29 is 9.63 Å². The summed E-state index contributed by atoms with van der Waals surface area (Å²) in [5, 5.41) is 13.2. The van der Waals surface area contributed by atoms with Gasteiger partial charge in [-0.3, -0.25) is 0 Å². The first-order valence-electron chi connectivity index (χ1n) is 5.37. The molecule has 1 aromatic carbocycles. The molecule has 0 aliphatic heterocycles. The van der Waals surface area contributed by atoms with Crippen LogP contribution in [0.25, 0.3) is 0 Å². The third-order valence-electron chi connectivity index (χ3n) is 2.25. The van der Waals surface area contributed by atoms with Gasteiger partial charge in [-0.1, -0.05) is 24.2 Å². The van der Waals surface area contributed by atoms with E-state index in [-0.39, 0.29) is 5.75 Å². The number of aromatic nitrogens is 2. The van der Waals surface area contributed by atoms with Crippen molar-refractivity contribution in [3.8, 4) is 5.75 Å². The van der Waals surface area contributed by atoms with E-state index in [0.29, 0.717) is 12.3 Å². The molecule has 1 heterocycles. The molecule has 0 unspecified atom stereocenters. The fourth-order valence-electron chi connectivity index (χ4n) is 1.53. The maximum atomic E-state index is 9.31. The highest BCUT2D eigenvalue weighted by Gasteiger charge is 2.06. The van der Waals surface area contributed by atoms with Gasteiger partial charge < -0.3 is 9.63 Å².